The van der Waals surface area contributed by atoms with Gasteiger partial charge in [0.1, 0.15) is 24.4 Å². The summed E-state index contributed by atoms with van der Waals surface area (Å²) in [7, 11) is 0. The molecular formula is C28H38O11. The van der Waals surface area contributed by atoms with Crippen molar-refractivity contribution in [2.75, 3.05) is 0 Å². The summed E-state index contributed by atoms with van der Waals surface area (Å²) in [5.41, 5.74) is -3.09. The lowest BCUT2D eigenvalue weighted by Gasteiger charge is -2.57. The summed E-state index contributed by atoms with van der Waals surface area (Å²) < 4.78 is 35.5. The molecule has 0 aromatic heterocycles. The van der Waals surface area contributed by atoms with Crippen LogP contribution in [0, 0.1) is 17.3 Å². The van der Waals surface area contributed by atoms with Crippen LogP contribution in [-0.2, 0) is 52.4 Å². The zero-order valence-electron chi connectivity index (χ0n) is 23.7. The Morgan fingerprint density at radius 1 is 0.897 bits per heavy atom. The van der Waals surface area contributed by atoms with Crippen LogP contribution < -0.4 is 0 Å². The number of hydrogen-bond donors (Lipinski definition) is 0. The number of epoxide rings is 1. The van der Waals surface area contributed by atoms with Crippen LogP contribution in [0.4, 0.5) is 0 Å². The smallest absolute Gasteiger partial charge is 0.342 e. The van der Waals surface area contributed by atoms with E-state index in [1.54, 1.807) is 13.0 Å². The predicted molar refractivity (Wildman–Crippen MR) is 133 cm³/mol. The zero-order chi connectivity index (χ0) is 29.1. The summed E-state index contributed by atoms with van der Waals surface area (Å²) in [5, 5.41) is 0. The first-order valence-corrected chi connectivity index (χ1v) is 13.3. The van der Waals surface area contributed by atoms with Crippen molar-refractivity contribution in [3.8, 4) is 0 Å². The summed E-state index contributed by atoms with van der Waals surface area (Å²) >= 11 is 0. The van der Waals surface area contributed by atoms with E-state index in [9.17, 15) is 24.0 Å². The van der Waals surface area contributed by atoms with Gasteiger partial charge in [-0.25, -0.2) is 4.79 Å². The molecule has 1 unspecified atom stereocenters. The van der Waals surface area contributed by atoms with E-state index in [1.165, 1.54) is 27.7 Å². The molecule has 0 N–H and O–H groups in total. The minimum absolute atomic E-state index is 0.136. The van der Waals surface area contributed by atoms with Gasteiger partial charge in [0.2, 0.25) is 0 Å². The SMILES string of the molecule is CC(=O)O[C@H]1C[C@H](OC(C)=O)[C@@]2(C)[C@H]([C@H]1C)[C@@H](OC(C)=O)[C@]13OC1(C)C(=O)O[C@H]3/C=C(/C)CC[C@H]2OC(C)=O. The number of carbonyl (C=O) groups excluding carboxylic acids is 5. The summed E-state index contributed by atoms with van der Waals surface area (Å²) in [6, 6.07) is 0. The third-order valence-electron chi connectivity index (χ3n) is 9.04. The Bertz CT molecular complexity index is 1110. The summed E-state index contributed by atoms with van der Waals surface area (Å²) in [6.45, 7) is 12.3. The normalized spacial score (nSPS) is 44.2. The van der Waals surface area contributed by atoms with Crippen LogP contribution in [0.5, 0.6) is 0 Å². The highest BCUT2D eigenvalue weighted by molar-refractivity contribution is 5.89. The average Bonchev–Trinajstić information content (AvgIpc) is 3.39. The second-order valence-corrected chi connectivity index (χ2v) is 11.7. The molecule has 10 atom stereocenters. The molecule has 0 aromatic rings. The molecule has 0 amide bonds. The van der Waals surface area contributed by atoms with E-state index in [0.29, 0.717) is 12.8 Å². The predicted octanol–water partition coefficient (Wildman–Crippen LogP) is 2.57. The quantitative estimate of drug-likeness (QED) is 0.220. The van der Waals surface area contributed by atoms with Crippen molar-refractivity contribution in [1.82, 2.24) is 0 Å². The highest BCUT2D eigenvalue weighted by Crippen LogP contribution is 2.66. The van der Waals surface area contributed by atoms with Gasteiger partial charge >= 0.3 is 29.8 Å². The molecule has 1 saturated carbocycles. The van der Waals surface area contributed by atoms with Crippen LogP contribution in [0.1, 0.15) is 74.7 Å². The van der Waals surface area contributed by atoms with Crippen molar-refractivity contribution < 1.29 is 52.4 Å². The molecule has 11 heteroatoms. The molecule has 216 valence electrons. The highest BCUT2D eigenvalue weighted by atomic mass is 16.7. The fourth-order valence-corrected chi connectivity index (χ4v) is 7.27. The third-order valence-corrected chi connectivity index (χ3v) is 9.04. The first-order valence-electron chi connectivity index (χ1n) is 13.3. The standard InChI is InChI=1S/C28H38O11/c1-13-9-10-20(35-16(4)30)26(7)21(36-17(5)31)12-19(34-15(3)29)14(2)23(26)24(37-18(6)32)28-22(11-13)38-25(33)27(28,8)39-28/h11,14,19-24H,9-10,12H2,1-8H3/b13-11-/t14-,19-,20+,21-,22-,23+,24+,26-,27?,28-/m0/s1. The van der Waals surface area contributed by atoms with Crippen LogP contribution in [0.2, 0.25) is 0 Å². The Morgan fingerprint density at radius 3 is 2.00 bits per heavy atom. The second kappa shape index (κ2) is 9.91. The van der Waals surface area contributed by atoms with Gasteiger partial charge < -0.3 is 28.4 Å². The monoisotopic (exact) mass is 550 g/mol. The molecule has 1 spiro atoms. The maximum Gasteiger partial charge on any atom is 0.342 e. The minimum atomic E-state index is -1.41. The van der Waals surface area contributed by atoms with E-state index >= 15 is 0 Å². The van der Waals surface area contributed by atoms with E-state index in [1.807, 2.05) is 20.8 Å². The summed E-state index contributed by atoms with van der Waals surface area (Å²) in [6.07, 6.45) is -1.64. The van der Waals surface area contributed by atoms with Crippen LogP contribution in [-0.4, -0.2) is 71.6 Å². The number of hydrogen-bond acceptors (Lipinski definition) is 11. The number of ether oxygens (including phenoxy) is 6. The third kappa shape index (κ3) is 4.62. The van der Waals surface area contributed by atoms with Gasteiger partial charge in [0.05, 0.1) is 0 Å². The Morgan fingerprint density at radius 2 is 1.46 bits per heavy atom. The van der Waals surface area contributed by atoms with Gasteiger partial charge in [0.15, 0.2) is 17.3 Å². The Hall–Kier alpha value is -2.95. The maximum atomic E-state index is 13.1. The van der Waals surface area contributed by atoms with E-state index in [4.69, 9.17) is 28.4 Å². The molecule has 4 rings (SSSR count). The van der Waals surface area contributed by atoms with Gasteiger partial charge in [-0.1, -0.05) is 19.4 Å². The fourth-order valence-electron chi connectivity index (χ4n) is 7.27. The average molecular weight is 551 g/mol. The molecule has 2 saturated heterocycles. The molecule has 0 radical (unpaired) electrons. The van der Waals surface area contributed by atoms with Crippen LogP contribution >= 0.6 is 0 Å². The summed E-state index contributed by atoms with van der Waals surface area (Å²) in [4.78, 5) is 62.6. The van der Waals surface area contributed by atoms with Crippen molar-refractivity contribution in [3.05, 3.63) is 11.6 Å². The van der Waals surface area contributed by atoms with E-state index in [-0.39, 0.29) is 6.42 Å². The Kier molecular flexibility index (Phi) is 7.38. The number of allylic oxidation sites excluding steroid dienone is 1. The first kappa shape index (κ1) is 29.0. The molecule has 3 fully saturated rings. The molecule has 0 aromatic carbocycles. The largest absolute Gasteiger partial charge is 0.462 e. The Labute approximate surface area is 227 Å². The molecule has 2 aliphatic heterocycles. The van der Waals surface area contributed by atoms with Gasteiger partial charge in [-0.05, 0) is 32.8 Å². The number of esters is 5. The van der Waals surface area contributed by atoms with Crippen molar-refractivity contribution in [2.45, 2.75) is 116 Å². The van der Waals surface area contributed by atoms with Crippen LogP contribution in [0.3, 0.4) is 0 Å². The molecule has 39 heavy (non-hydrogen) atoms. The van der Waals surface area contributed by atoms with Gasteiger partial charge in [-0.3, -0.25) is 19.2 Å². The van der Waals surface area contributed by atoms with Gasteiger partial charge in [0.25, 0.3) is 0 Å². The van der Waals surface area contributed by atoms with Gasteiger partial charge in [-0.2, -0.15) is 0 Å². The van der Waals surface area contributed by atoms with E-state index < -0.39 is 88.8 Å². The molecule has 0 bridgehead atoms. The minimum Gasteiger partial charge on any atom is -0.462 e. The van der Waals surface area contributed by atoms with Crippen molar-refractivity contribution in [2.24, 2.45) is 17.3 Å². The maximum absolute atomic E-state index is 13.1. The lowest BCUT2D eigenvalue weighted by atomic mass is 9.53. The van der Waals surface area contributed by atoms with Crippen molar-refractivity contribution in [3.63, 3.8) is 0 Å². The number of fused-ring (bicyclic) bond motifs is 1. The van der Waals surface area contributed by atoms with Gasteiger partial charge in [-0.15, -0.1) is 0 Å². The highest BCUT2D eigenvalue weighted by Gasteiger charge is 2.87. The molecule has 2 aliphatic carbocycles. The van der Waals surface area contributed by atoms with E-state index in [0.717, 1.165) is 5.57 Å². The Balaban J connectivity index is 2.01. The topological polar surface area (TPSA) is 144 Å². The molecule has 2 heterocycles. The summed E-state index contributed by atoms with van der Waals surface area (Å²) in [5.74, 6) is -4.10. The van der Waals surface area contributed by atoms with E-state index in [2.05, 4.69) is 0 Å². The zero-order valence-corrected chi connectivity index (χ0v) is 23.7. The first-order chi connectivity index (χ1) is 18.1. The molecule has 4 aliphatic rings. The second-order valence-electron chi connectivity index (χ2n) is 11.7. The van der Waals surface area contributed by atoms with Crippen LogP contribution in [0.15, 0.2) is 11.6 Å². The van der Waals surface area contributed by atoms with Crippen LogP contribution in [0.25, 0.3) is 0 Å². The molecule has 11 nitrogen and oxygen atoms in total. The molecular weight excluding hydrogens is 512 g/mol. The lowest BCUT2D eigenvalue weighted by molar-refractivity contribution is -0.235. The lowest BCUT2D eigenvalue weighted by Crippen LogP contribution is -2.66. The van der Waals surface area contributed by atoms with Crippen molar-refractivity contribution in [1.29, 1.82) is 0 Å². The van der Waals surface area contributed by atoms with Crippen molar-refractivity contribution >= 4 is 29.8 Å². The van der Waals surface area contributed by atoms with Gasteiger partial charge in [0, 0.05) is 51.4 Å². The number of rotatable bonds is 4. The fraction of sp³-hybridized carbons (Fsp3) is 0.750. The number of carbonyl (C=O) groups is 5.